The van der Waals surface area contributed by atoms with Gasteiger partial charge in [-0.15, -0.1) is 0 Å². The number of nitrogens with zero attached hydrogens (tertiary/aromatic N) is 3. The molecule has 1 fully saturated rings. The minimum absolute atomic E-state index is 0.180. The third-order valence-electron chi connectivity index (χ3n) is 5.13. The van der Waals surface area contributed by atoms with Gasteiger partial charge in [0.05, 0.1) is 18.0 Å². The number of hydrogen-bond donors (Lipinski definition) is 1. The summed E-state index contributed by atoms with van der Waals surface area (Å²) in [5.74, 6) is -0.191. The van der Waals surface area contributed by atoms with E-state index in [1.807, 2.05) is 33.8 Å². The molecular formula is C20H24N4O3. The Balaban J connectivity index is 1.67. The van der Waals surface area contributed by atoms with Crippen LogP contribution in [0, 0.1) is 0 Å². The molecule has 27 heavy (non-hydrogen) atoms. The Labute approximate surface area is 158 Å². The van der Waals surface area contributed by atoms with Crippen LogP contribution in [0.1, 0.15) is 47.9 Å². The van der Waals surface area contributed by atoms with Crippen LogP contribution in [0.4, 0.5) is 5.69 Å². The Morgan fingerprint density at radius 1 is 1.19 bits per heavy atom. The normalized spacial score (nSPS) is 16.9. The Kier molecular flexibility index (Phi) is 4.94. The molecule has 1 aromatic heterocycles. The Morgan fingerprint density at radius 2 is 1.96 bits per heavy atom. The molecular weight excluding hydrogens is 344 g/mol. The van der Waals surface area contributed by atoms with Gasteiger partial charge in [0.2, 0.25) is 5.91 Å². The summed E-state index contributed by atoms with van der Waals surface area (Å²) in [6.07, 6.45) is 3.37. The predicted molar refractivity (Wildman–Crippen MR) is 101 cm³/mol. The number of aromatic nitrogens is 2. The molecule has 0 bridgehead atoms. The number of amides is 1. The maximum atomic E-state index is 12.3. The first kappa shape index (κ1) is 17.7. The number of carbonyl (C=O) groups excluding carboxylic acids is 2. The van der Waals surface area contributed by atoms with Gasteiger partial charge in [0.25, 0.3) is 0 Å². The van der Waals surface area contributed by atoms with Gasteiger partial charge in [-0.1, -0.05) is 0 Å². The largest absolute Gasteiger partial charge is 0.461 e. The number of piperidine rings is 1. The van der Waals surface area contributed by atoms with E-state index in [0.717, 1.165) is 55.0 Å². The van der Waals surface area contributed by atoms with Crippen molar-refractivity contribution in [3.05, 3.63) is 41.2 Å². The zero-order chi connectivity index (χ0) is 18.8. The van der Waals surface area contributed by atoms with Crippen LogP contribution in [0.15, 0.2) is 24.3 Å². The smallest absolute Gasteiger partial charge is 0.359 e. The van der Waals surface area contributed by atoms with Crippen molar-refractivity contribution in [2.45, 2.75) is 39.2 Å². The summed E-state index contributed by atoms with van der Waals surface area (Å²) in [5.41, 5.74) is 4.14. The minimum atomic E-state index is -0.370. The monoisotopic (exact) mass is 368 g/mol. The zero-order valence-corrected chi connectivity index (χ0v) is 15.5. The second-order valence-electron chi connectivity index (χ2n) is 6.85. The highest BCUT2D eigenvalue weighted by Gasteiger charge is 2.26. The number of fused-ring (bicyclic) bond motifs is 1. The Bertz CT molecular complexity index is 857. The van der Waals surface area contributed by atoms with Gasteiger partial charge in [0, 0.05) is 30.8 Å². The number of carbonyl (C=O) groups is 2. The first-order chi connectivity index (χ1) is 13.2. The fraction of sp³-hybridized carbons (Fsp3) is 0.450. The standard InChI is InChI=1S/C20H24N4O3/c1-2-27-20(26)19-16-10-11-21-13-17(16)24(22-19)15-8-6-14(7-9-15)23-12-4-3-5-18(23)25/h6-9,21H,2-5,10-13H2,1H3. The summed E-state index contributed by atoms with van der Waals surface area (Å²) in [7, 11) is 0. The summed E-state index contributed by atoms with van der Waals surface area (Å²) in [4.78, 5) is 26.3. The number of esters is 1. The van der Waals surface area contributed by atoms with Gasteiger partial charge in [-0.25, -0.2) is 9.48 Å². The number of hydrogen-bond acceptors (Lipinski definition) is 5. The van der Waals surface area contributed by atoms with E-state index in [4.69, 9.17) is 4.74 Å². The summed E-state index contributed by atoms with van der Waals surface area (Å²) >= 11 is 0. The SMILES string of the molecule is CCOC(=O)c1nn(-c2ccc(N3CCCCC3=O)cc2)c2c1CCNC2. The van der Waals surface area contributed by atoms with Gasteiger partial charge < -0.3 is 15.0 Å². The molecule has 7 nitrogen and oxygen atoms in total. The van der Waals surface area contributed by atoms with E-state index in [1.165, 1.54) is 0 Å². The van der Waals surface area contributed by atoms with E-state index in [0.29, 0.717) is 25.3 Å². The van der Waals surface area contributed by atoms with Crippen LogP contribution >= 0.6 is 0 Å². The highest BCUT2D eigenvalue weighted by Crippen LogP contribution is 2.26. The molecule has 1 aromatic carbocycles. The van der Waals surface area contributed by atoms with Crippen molar-refractivity contribution in [3.63, 3.8) is 0 Å². The fourth-order valence-electron chi connectivity index (χ4n) is 3.78. The average molecular weight is 368 g/mol. The van der Waals surface area contributed by atoms with Crippen molar-refractivity contribution >= 4 is 17.6 Å². The zero-order valence-electron chi connectivity index (χ0n) is 15.5. The van der Waals surface area contributed by atoms with Crippen molar-refractivity contribution < 1.29 is 14.3 Å². The summed E-state index contributed by atoms with van der Waals surface area (Å²) in [6, 6.07) is 7.81. The molecule has 2 aliphatic heterocycles. The number of rotatable bonds is 4. The van der Waals surface area contributed by atoms with E-state index in [9.17, 15) is 9.59 Å². The molecule has 0 aliphatic carbocycles. The lowest BCUT2D eigenvalue weighted by atomic mass is 10.1. The first-order valence-electron chi connectivity index (χ1n) is 9.58. The third kappa shape index (κ3) is 3.35. The quantitative estimate of drug-likeness (QED) is 0.838. The van der Waals surface area contributed by atoms with Crippen LogP contribution in [0.2, 0.25) is 0 Å². The highest BCUT2D eigenvalue weighted by atomic mass is 16.5. The number of benzene rings is 1. The van der Waals surface area contributed by atoms with Crippen molar-refractivity contribution in [1.82, 2.24) is 15.1 Å². The molecule has 0 saturated carbocycles. The van der Waals surface area contributed by atoms with Crippen LogP contribution < -0.4 is 10.2 Å². The molecule has 4 rings (SSSR count). The van der Waals surface area contributed by atoms with Gasteiger partial charge in [0.15, 0.2) is 5.69 Å². The van der Waals surface area contributed by atoms with Crippen LogP contribution in [0.5, 0.6) is 0 Å². The Morgan fingerprint density at radius 3 is 2.70 bits per heavy atom. The number of ether oxygens (including phenoxy) is 1. The van der Waals surface area contributed by atoms with E-state index in [1.54, 1.807) is 6.92 Å². The molecule has 1 saturated heterocycles. The molecule has 7 heteroatoms. The molecule has 2 aromatic rings. The minimum Gasteiger partial charge on any atom is -0.461 e. The molecule has 1 N–H and O–H groups in total. The van der Waals surface area contributed by atoms with E-state index in [-0.39, 0.29) is 11.9 Å². The maximum absolute atomic E-state index is 12.3. The number of nitrogens with one attached hydrogen (secondary N) is 1. The van der Waals surface area contributed by atoms with E-state index >= 15 is 0 Å². The van der Waals surface area contributed by atoms with Crippen molar-refractivity contribution in [2.75, 3.05) is 24.6 Å². The van der Waals surface area contributed by atoms with Gasteiger partial charge in [-0.3, -0.25) is 4.79 Å². The van der Waals surface area contributed by atoms with Gasteiger partial charge in [0.1, 0.15) is 0 Å². The summed E-state index contributed by atoms with van der Waals surface area (Å²) in [6.45, 7) is 4.38. The molecule has 0 spiro atoms. The molecule has 2 aliphatic rings. The summed E-state index contributed by atoms with van der Waals surface area (Å²) in [5, 5.41) is 7.90. The van der Waals surface area contributed by atoms with Gasteiger partial charge in [-0.05, 0) is 57.0 Å². The lowest BCUT2D eigenvalue weighted by Gasteiger charge is -2.27. The van der Waals surface area contributed by atoms with Crippen LogP contribution in [0.3, 0.4) is 0 Å². The van der Waals surface area contributed by atoms with Crippen LogP contribution in [-0.2, 0) is 22.5 Å². The Hall–Kier alpha value is -2.67. The van der Waals surface area contributed by atoms with Crippen LogP contribution in [0.25, 0.3) is 5.69 Å². The van der Waals surface area contributed by atoms with E-state index in [2.05, 4.69) is 10.4 Å². The first-order valence-corrected chi connectivity index (χ1v) is 9.58. The van der Waals surface area contributed by atoms with Crippen molar-refractivity contribution in [3.8, 4) is 5.69 Å². The van der Waals surface area contributed by atoms with E-state index < -0.39 is 0 Å². The third-order valence-corrected chi connectivity index (χ3v) is 5.13. The lowest BCUT2D eigenvalue weighted by molar-refractivity contribution is -0.119. The van der Waals surface area contributed by atoms with Gasteiger partial charge >= 0.3 is 5.97 Å². The van der Waals surface area contributed by atoms with Crippen molar-refractivity contribution in [2.24, 2.45) is 0 Å². The molecule has 3 heterocycles. The lowest BCUT2D eigenvalue weighted by Crippen LogP contribution is -2.35. The van der Waals surface area contributed by atoms with Crippen molar-refractivity contribution in [1.29, 1.82) is 0 Å². The molecule has 0 radical (unpaired) electrons. The highest BCUT2D eigenvalue weighted by molar-refractivity contribution is 5.94. The topological polar surface area (TPSA) is 76.5 Å². The number of anilines is 1. The summed E-state index contributed by atoms with van der Waals surface area (Å²) < 4.78 is 6.99. The fourth-order valence-corrected chi connectivity index (χ4v) is 3.78. The molecule has 142 valence electrons. The molecule has 0 unspecified atom stereocenters. The predicted octanol–water partition coefficient (Wildman–Crippen LogP) is 2.21. The second-order valence-corrected chi connectivity index (χ2v) is 6.85. The second kappa shape index (κ2) is 7.52. The molecule has 0 atom stereocenters. The van der Waals surface area contributed by atoms with Gasteiger partial charge in [-0.2, -0.15) is 5.10 Å². The van der Waals surface area contributed by atoms with Crippen LogP contribution in [-0.4, -0.2) is 41.4 Å². The molecule has 1 amide bonds. The average Bonchev–Trinajstić information content (AvgIpc) is 3.09. The maximum Gasteiger partial charge on any atom is 0.359 e.